The van der Waals surface area contributed by atoms with E-state index in [4.69, 9.17) is 4.42 Å². The number of aromatic amines is 1. The molecule has 29 heavy (non-hydrogen) atoms. The molecule has 0 saturated carbocycles. The number of carbonyl (C=O) groups excluding carboxylic acids is 2. The number of benzene rings is 2. The molecule has 0 radical (unpaired) electrons. The van der Waals surface area contributed by atoms with Crippen LogP contribution in [0.5, 0.6) is 0 Å². The standard InChI is InChI=1S/C22H18N4O3/c27-20-7-2-10-26(20)16-5-1-4-14(12-16)22(28)23-15-8-9-17-18(13-15)25-21(24-17)19-6-3-11-29-19/h1,3-6,8-9,11-13H,2,7,10H2,(H,23,28)(H,24,25). The average Bonchev–Trinajstić information content (AvgIpc) is 3.48. The maximum atomic E-state index is 12.7. The summed E-state index contributed by atoms with van der Waals surface area (Å²) in [5.74, 6) is 1.15. The van der Waals surface area contributed by atoms with Gasteiger partial charge in [0.1, 0.15) is 0 Å². The third-order valence-corrected chi connectivity index (χ3v) is 4.99. The Morgan fingerprint density at radius 1 is 1.14 bits per heavy atom. The molecule has 2 N–H and O–H groups in total. The van der Waals surface area contributed by atoms with Gasteiger partial charge in [0.25, 0.3) is 5.91 Å². The number of nitrogens with zero attached hydrogens (tertiary/aromatic N) is 2. The second kappa shape index (κ2) is 6.94. The fraction of sp³-hybridized carbons (Fsp3) is 0.136. The van der Waals surface area contributed by atoms with E-state index in [0.29, 0.717) is 35.8 Å². The molecule has 1 saturated heterocycles. The van der Waals surface area contributed by atoms with Gasteiger partial charge in [-0.3, -0.25) is 9.59 Å². The van der Waals surface area contributed by atoms with Gasteiger partial charge in [0.05, 0.1) is 17.3 Å². The van der Waals surface area contributed by atoms with E-state index in [0.717, 1.165) is 23.1 Å². The maximum absolute atomic E-state index is 12.7. The van der Waals surface area contributed by atoms with Crippen LogP contribution in [0.3, 0.4) is 0 Å². The Kier molecular flexibility index (Phi) is 4.13. The molecular weight excluding hydrogens is 368 g/mol. The first-order chi connectivity index (χ1) is 14.2. The Bertz CT molecular complexity index is 1210. The number of nitrogens with one attached hydrogen (secondary N) is 2. The highest BCUT2D eigenvalue weighted by Crippen LogP contribution is 2.25. The Morgan fingerprint density at radius 3 is 2.86 bits per heavy atom. The highest BCUT2D eigenvalue weighted by Gasteiger charge is 2.22. The Labute approximate surface area is 166 Å². The minimum Gasteiger partial charge on any atom is -0.461 e. The molecular formula is C22H18N4O3. The number of carbonyl (C=O) groups is 2. The summed E-state index contributed by atoms with van der Waals surface area (Å²) in [6, 6.07) is 16.3. The first-order valence-corrected chi connectivity index (χ1v) is 9.43. The molecule has 1 fully saturated rings. The summed E-state index contributed by atoms with van der Waals surface area (Å²) in [6.07, 6.45) is 3.00. The summed E-state index contributed by atoms with van der Waals surface area (Å²) in [5, 5.41) is 2.91. The van der Waals surface area contributed by atoms with Crippen molar-refractivity contribution in [3.63, 3.8) is 0 Å². The van der Waals surface area contributed by atoms with Gasteiger partial charge in [-0.05, 0) is 55.0 Å². The van der Waals surface area contributed by atoms with Crippen molar-refractivity contribution in [3.05, 3.63) is 66.4 Å². The highest BCUT2D eigenvalue weighted by molar-refractivity contribution is 6.06. The van der Waals surface area contributed by atoms with Crippen molar-refractivity contribution in [1.82, 2.24) is 9.97 Å². The van der Waals surface area contributed by atoms with Crippen LogP contribution in [0.15, 0.2) is 65.3 Å². The average molecular weight is 386 g/mol. The molecule has 0 spiro atoms. The number of fused-ring (bicyclic) bond motifs is 1. The van der Waals surface area contributed by atoms with Gasteiger partial charge in [0.2, 0.25) is 5.91 Å². The number of furan rings is 1. The van der Waals surface area contributed by atoms with Gasteiger partial charge in [-0.1, -0.05) is 6.07 Å². The topological polar surface area (TPSA) is 91.2 Å². The SMILES string of the molecule is O=C(Nc1ccc2nc(-c3ccco3)[nH]c2c1)c1cccc(N2CCCC2=O)c1. The van der Waals surface area contributed by atoms with Gasteiger partial charge in [0, 0.05) is 29.9 Å². The van der Waals surface area contributed by atoms with E-state index >= 15 is 0 Å². The summed E-state index contributed by atoms with van der Waals surface area (Å²) in [4.78, 5) is 34.1. The van der Waals surface area contributed by atoms with Gasteiger partial charge in [-0.25, -0.2) is 4.98 Å². The molecule has 0 aliphatic carbocycles. The molecule has 7 heteroatoms. The predicted molar refractivity (Wildman–Crippen MR) is 110 cm³/mol. The molecule has 2 amide bonds. The number of hydrogen-bond donors (Lipinski definition) is 2. The Balaban J connectivity index is 1.38. The Morgan fingerprint density at radius 2 is 2.07 bits per heavy atom. The third kappa shape index (κ3) is 3.27. The summed E-state index contributed by atoms with van der Waals surface area (Å²) >= 11 is 0. The van der Waals surface area contributed by atoms with E-state index in [2.05, 4.69) is 15.3 Å². The summed E-state index contributed by atoms with van der Waals surface area (Å²) in [7, 11) is 0. The molecule has 5 rings (SSSR count). The summed E-state index contributed by atoms with van der Waals surface area (Å²) in [5.41, 5.74) is 3.49. The lowest BCUT2D eigenvalue weighted by atomic mass is 10.1. The lowest BCUT2D eigenvalue weighted by Gasteiger charge is -2.16. The minimum absolute atomic E-state index is 0.0969. The van der Waals surface area contributed by atoms with Crippen molar-refractivity contribution >= 4 is 34.2 Å². The molecule has 144 valence electrons. The zero-order valence-electron chi connectivity index (χ0n) is 15.5. The summed E-state index contributed by atoms with van der Waals surface area (Å²) in [6.45, 7) is 0.693. The lowest BCUT2D eigenvalue weighted by molar-refractivity contribution is -0.117. The number of rotatable bonds is 4. The molecule has 0 atom stereocenters. The van der Waals surface area contributed by atoms with E-state index in [1.807, 2.05) is 24.3 Å². The van der Waals surface area contributed by atoms with Crippen molar-refractivity contribution in [2.45, 2.75) is 12.8 Å². The van der Waals surface area contributed by atoms with Crippen LogP contribution in [0.2, 0.25) is 0 Å². The van der Waals surface area contributed by atoms with Gasteiger partial charge in [0.15, 0.2) is 11.6 Å². The number of imidazole rings is 1. The van der Waals surface area contributed by atoms with Crippen LogP contribution in [0.25, 0.3) is 22.6 Å². The number of anilines is 2. The maximum Gasteiger partial charge on any atom is 0.255 e. The Hall–Kier alpha value is -3.87. The zero-order chi connectivity index (χ0) is 19.8. The second-order valence-electron chi connectivity index (χ2n) is 6.95. The van der Waals surface area contributed by atoms with Crippen molar-refractivity contribution in [1.29, 1.82) is 0 Å². The van der Waals surface area contributed by atoms with Crippen LogP contribution in [0, 0.1) is 0 Å². The molecule has 2 aromatic heterocycles. The third-order valence-electron chi connectivity index (χ3n) is 4.99. The van der Waals surface area contributed by atoms with E-state index in [9.17, 15) is 9.59 Å². The van der Waals surface area contributed by atoms with E-state index in [-0.39, 0.29) is 11.8 Å². The molecule has 1 aliphatic heterocycles. The monoisotopic (exact) mass is 386 g/mol. The molecule has 3 heterocycles. The molecule has 1 aliphatic rings. The molecule has 0 unspecified atom stereocenters. The highest BCUT2D eigenvalue weighted by atomic mass is 16.3. The van der Waals surface area contributed by atoms with Crippen LogP contribution < -0.4 is 10.2 Å². The lowest BCUT2D eigenvalue weighted by Crippen LogP contribution is -2.24. The first kappa shape index (κ1) is 17.2. The molecule has 0 bridgehead atoms. The van der Waals surface area contributed by atoms with E-state index < -0.39 is 0 Å². The van der Waals surface area contributed by atoms with Crippen molar-refractivity contribution in [2.24, 2.45) is 0 Å². The fourth-order valence-electron chi connectivity index (χ4n) is 3.56. The first-order valence-electron chi connectivity index (χ1n) is 9.43. The number of aromatic nitrogens is 2. The van der Waals surface area contributed by atoms with Gasteiger partial charge < -0.3 is 19.6 Å². The molecule has 2 aromatic carbocycles. The van der Waals surface area contributed by atoms with Gasteiger partial charge in [-0.15, -0.1) is 0 Å². The predicted octanol–water partition coefficient (Wildman–Crippen LogP) is 4.20. The number of H-pyrrole nitrogens is 1. The van der Waals surface area contributed by atoms with Crippen molar-refractivity contribution < 1.29 is 14.0 Å². The van der Waals surface area contributed by atoms with Crippen LogP contribution >= 0.6 is 0 Å². The largest absolute Gasteiger partial charge is 0.461 e. The van der Waals surface area contributed by atoms with Gasteiger partial charge in [-0.2, -0.15) is 0 Å². The van der Waals surface area contributed by atoms with Crippen molar-refractivity contribution in [3.8, 4) is 11.6 Å². The minimum atomic E-state index is -0.233. The van der Waals surface area contributed by atoms with E-state index in [1.54, 1.807) is 41.5 Å². The smallest absolute Gasteiger partial charge is 0.255 e. The van der Waals surface area contributed by atoms with Crippen LogP contribution in [0.4, 0.5) is 11.4 Å². The molecule has 7 nitrogen and oxygen atoms in total. The normalized spacial score (nSPS) is 13.9. The summed E-state index contributed by atoms with van der Waals surface area (Å²) < 4.78 is 5.37. The fourth-order valence-corrected chi connectivity index (χ4v) is 3.56. The van der Waals surface area contributed by atoms with Crippen LogP contribution in [-0.2, 0) is 4.79 Å². The molecule has 4 aromatic rings. The van der Waals surface area contributed by atoms with Gasteiger partial charge >= 0.3 is 0 Å². The van der Waals surface area contributed by atoms with Crippen LogP contribution in [0.1, 0.15) is 23.2 Å². The number of hydrogen-bond acceptors (Lipinski definition) is 4. The van der Waals surface area contributed by atoms with E-state index in [1.165, 1.54) is 0 Å². The van der Waals surface area contributed by atoms with Crippen LogP contribution in [-0.4, -0.2) is 28.3 Å². The quantitative estimate of drug-likeness (QED) is 0.550. The van der Waals surface area contributed by atoms with Crippen molar-refractivity contribution in [2.75, 3.05) is 16.8 Å². The number of amides is 2. The zero-order valence-corrected chi connectivity index (χ0v) is 15.5. The second-order valence-corrected chi connectivity index (χ2v) is 6.95.